The Balaban J connectivity index is 1.79. The van der Waals surface area contributed by atoms with E-state index in [1.165, 1.54) is 21.2 Å². The van der Waals surface area contributed by atoms with Gasteiger partial charge in [-0.05, 0) is 31.8 Å². The largest absolute Gasteiger partial charge is 0.477 e. The highest BCUT2D eigenvalue weighted by Gasteiger charge is 2.40. The van der Waals surface area contributed by atoms with Crippen LogP contribution >= 0.6 is 0 Å². The van der Waals surface area contributed by atoms with Crippen LogP contribution in [0.25, 0.3) is 11.7 Å². The van der Waals surface area contributed by atoms with E-state index in [0.29, 0.717) is 17.8 Å². The first-order valence-electron chi connectivity index (χ1n) is 11.0. The van der Waals surface area contributed by atoms with Crippen molar-refractivity contribution in [1.82, 2.24) is 19.8 Å². The Morgan fingerprint density at radius 1 is 1.36 bits per heavy atom. The van der Waals surface area contributed by atoms with Crippen LogP contribution in [0.3, 0.4) is 0 Å². The zero-order valence-corrected chi connectivity index (χ0v) is 18.8. The fraction of sp³-hybridized carbons (Fsp3) is 0.545. The van der Waals surface area contributed by atoms with Crippen LogP contribution < -0.4 is 15.4 Å². The number of alkyl halides is 2. The number of carbonyl (C=O) groups is 2. The summed E-state index contributed by atoms with van der Waals surface area (Å²) in [5.41, 5.74) is 0.166. The van der Waals surface area contributed by atoms with E-state index in [-0.39, 0.29) is 36.1 Å². The van der Waals surface area contributed by atoms with Crippen LogP contribution in [0.15, 0.2) is 10.9 Å². The quantitative estimate of drug-likeness (QED) is 0.443. The van der Waals surface area contributed by atoms with Crippen molar-refractivity contribution >= 4 is 23.5 Å². The Kier molecular flexibility index (Phi) is 5.75. The standard InChI is InChI=1S/C22H27F2N5O4/c1-12(2)10-28-19-15(6-7-16(30)27-9-8-22(23,24)11-27)13(3)26-29(19)21(33)17(20(28)32)18(31)25-14-4-5-14/h6-7,12,14H,4-5,8-11H2,1-3H3,(H2,25,31,32,33)/p+1/b7-6+. The Morgan fingerprint density at radius 2 is 2.06 bits per heavy atom. The van der Waals surface area contributed by atoms with Crippen molar-refractivity contribution in [1.29, 1.82) is 0 Å². The number of fused-ring (bicyclic) bond motifs is 1. The number of aromatic amines is 1. The number of nitrogens with zero attached hydrogens (tertiary/aromatic N) is 3. The average Bonchev–Trinajstić information content (AvgIpc) is 3.36. The molecule has 2 amide bonds. The molecule has 2 aromatic rings. The number of hydrogen-bond donors (Lipinski definition) is 3. The van der Waals surface area contributed by atoms with Gasteiger partial charge in [-0.25, -0.2) is 18.7 Å². The normalized spacial score (nSPS) is 18.1. The molecule has 3 heterocycles. The highest BCUT2D eigenvalue weighted by molar-refractivity contribution is 5.96. The van der Waals surface area contributed by atoms with Crippen LogP contribution in [0.5, 0.6) is 5.88 Å². The minimum Gasteiger partial charge on any atom is -0.477 e. The molecular formula is C22H28F2N5O4+. The highest BCUT2D eigenvalue weighted by atomic mass is 19.3. The molecule has 2 fully saturated rings. The van der Waals surface area contributed by atoms with Gasteiger partial charge in [-0.2, -0.15) is 4.57 Å². The summed E-state index contributed by atoms with van der Waals surface area (Å²) in [4.78, 5) is 39.3. The van der Waals surface area contributed by atoms with Crippen LogP contribution in [-0.2, 0) is 11.3 Å². The molecule has 1 aliphatic carbocycles. The molecule has 9 nitrogen and oxygen atoms in total. The van der Waals surface area contributed by atoms with Crippen LogP contribution in [-0.4, -0.2) is 56.5 Å². The van der Waals surface area contributed by atoms with Crippen LogP contribution in [0.1, 0.15) is 54.7 Å². The number of halogens is 2. The number of hydrogen-bond acceptors (Lipinski definition) is 4. The van der Waals surface area contributed by atoms with Gasteiger partial charge in [-0.15, -0.1) is 0 Å². The maximum Gasteiger partial charge on any atom is 0.378 e. The van der Waals surface area contributed by atoms with E-state index in [1.54, 1.807) is 6.92 Å². The monoisotopic (exact) mass is 464 g/mol. The molecule has 178 valence electrons. The Labute approximate surface area is 188 Å². The third-order valence-electron chi connectivity index (χ3n) is 5.85. The number of aromatic hydroxyl groups is 1. The third kappa shape index (κ3) is 4.49. The molecule has 0 atom stereocenters. The van der Waals surface area contributed by atoms with Crippen molar-refractivity contribution in [3.63, 3.8) is 0 Å². The molecule has 3 N–H and O–H groups in total. The van der Waals surface area contributed by atoms with Gasteiger partial charge in [0.25, 0.3) is 11.8 Å². The Morgan fingerprint density at radius 3 is 2.64 bits per heavy atom. The molecule has 0 bridgehead atoms. The number of aryl methyl sites for hydroxylation is 1. The van der Waals surface area contributed by atoms with E-state index < -0.39 is 35.7 Å². The van der Waals surface area contributed by atoms with E-state index in [1.807, 2.05) is 13.8 Å². The number of H-pyrrole nitrogens is 1. The topological polar surface area (TPSA) is 111 Å². The summed E-state index contributed by atoms with van der Waals surface area (Å²) >= 11 is 0. The predicted molar refractivity (Wildman–Crippen MR) is 115 cm³/mol. The molecule has 4 rings (SSSR count). The summed E-state index contributed by atoms with van der Waals surface area (Å²) in [7, 11) is 0. The van der Waals surface area contributed by atoms with Crippen LogP contribution in [0.4, 0.5) is 8.78 Å². The molecule has 0 aromatic carbocycles. The van der Waals surface area contributed by atoms with Crippen LogP contribution in [0.2, 0.25) is 0 Å². The number of aromatic nitrogens is 3. The van der Waals surface area contributed by atoms with Crippen molar-refractivity contribution in [2.24, 2.45) is 5.92 Å². The maximum atomic E-state index is 13.5. The summed E-state index contributed by atoms with van der Waals surface area (Å²) in [5, 5.41) is 16.6. The first-order valence-corrected chi connectivity index (χ1v) is 11.0. The molecule has 0 unspecified atom stereocenters. The molecule has 1 saturated carbocycles. The smallest absolute Gasteiger partial charge is 0.378 e. The van der Waals surface area contributed by atoms with Crippen molar-refractivity contribution in [2.45, 2.75) is 58.5 Å². The van der Waals surface area contributed by atoms with E-state index in [2.05, 4.69) is 10.4 Å². The second-order valence-corrected chi connectivity index (χ2v) is 9.26. The van der Waals surface area contributed by atoms with Gasteiger partial charge in [0.2, 0.25) is 11.5 Å². The first-order chi connectivity index (χ1) is 15.5. The molecule has 0 radical (unpaired) electrons. The van der Waals surface area contributed by atoms with E-state index in [0.717, 1.165) is 17.7 Å². The Hall–Kier alpha value is -3.24. The summed E-state index contributed by atoms with van der Waals surface area (Å²) in [5.74, 6) is -4.49. The Bertz CT molecular complexity index is 1210. The van der Waals surface area contributed by atoms with Gasteiger partial charge in [-0.3, -0.25) is 9.59 Å². The molecule has 2 aliphatic rings. The predicted octanol–water partition coefficient (Wildman–Crippen LogP) is 1.36. The lowest BCUT2D eigenvalue weighted by atomic mass is 10.1. The number of amides is 2. The molecular weight excluding hydrogens is 436 g/mol. The molecule has 33 heavy (non-hydrogen) atoms. The van der Waals surface area contributed by atoms with Gasteiger partial charge in [0.05, 0.1) is 24.3 Å². The van der Waals surface area contributed by atoms with Gasteiger partial charge >= 0.3 is 17.1 Å². The van der Waals surface area contributed by atoms with Gasteiger partial charge in [-0.1, -0.05) is 18.4 Å². The minimum atomic E-state index is -2.89. The average molecular weight is 464 g/mol. The number of carbonyl (C=O) groups excluding carboxylic acids is 2. The lowest BCUT2D eigenvalue weighted by molar-refractivity contribution is -0.686. The van der Waals surface area contributed by atoms with Crippen molar-refractivity contribution in [3.05, 3.63) is 33.3 Å². The van der Waals surface area contributed by atoms with E-state index in [9.17, 15) is 28.3 Å². The third-order valence-corrected chi connectivity index (χ3v) is 5.85. The van der Waals surface area contributed by atoms with Gasteiger partial charge in [0.15, 0.2) is 0 Å². The van der Waals surface area contributed by atoms with Crippen molar-refractivity contribution in [3.8, 4) is 5.88 Å². The lowest BCUT2D eigenvalue weighted by Crippen LogP contribution is -2.46. The molecule has 1 saturated heterocycles. The second kappa shape index (κ2) is 8.27. The SMILES string of the molecule is Cc1[nH]n2c(=O)c(C(=O)NC3CC3)c(O)[n+](CC(C)C)c2c1/C=C/C(=O)N1CCC(F)(F)C1. The maximum absolute atomic E-state index is 13.5. The fourth-order valence-electron chi connectivity index (χ4n) is 4.03. The highest BCUT2D eigenvalue weighted by Crippen LogP contribution is 2.27. The van der Waals surface area contributed by atoms with E-state index >= 15 is 0 Å². The summed E-state index contributed by atoms with van der Waals surface area (Å²) in [6, 6.07) is 0.00314. The summed E-state index contributed by atoms with van der Waals surface area (Å²) in [6.45, 7) is 5.16. The fourth-order valence-corrected chi connectivity index (χ4v) is 4.03. The van der Waals surface area contributed by atoms with Crippen molar-refractivity contribution in [2.75, 3.05) is 13.1 Å². The van der Waals surface area contributed by atoms with Gasteiger partial charge < -0.3 is 15.3 Å². The second-order valence-electron chi connectivity index (χ2n) is 9.26. The van der Waals surface area contributed by atoms with Crippen molar-refractivity contribution < 1.29 is 28.0 Å². The zero-order chi connectivity index (χ0) is 24.1. The van der Waals surface area contributed by atoms with Crippen LogP contribution in [0, 0.1) is 12.8 Å². The van der Waals surface area contributed by atoms with E-state index in [4.69, 9.17) is 0 Å². The lowest BCUT2D eigenvalue weighted by Gasteiger charge is -2.13. The number of likely N-dealkylation sites (tertiary alicyclic amines) is 1. The minimum absolute atomic E-state index is 0.00314. The summed E-state index contributed by atoms with van der Waals surface area (Å²) < 4.78 is 29.6. The first kappa shape index (κ1) is 22.9. The van der Waals surface area contributed by atoms with Gasteiger partial charge in [0.1, 0.15) is 0 Å². The molecule has 11 heteroatoms. The number of rotatable bonds is 6. The van der Waals surface area contributed by atoms with Gasteiger partial charge in [0, 0.05) is 25.1 Å². The zero-order valence-electron chi connectivity index (χ0n) is 18.8. The molecule has 2 aromatic heterocycles. The molecule has 1 aliphatic heterocycles. The molecule has 0 spiro atoms. The summed E-state index contributed by atoms with van der Waals surface area (Å²) in [6.07, 6.45) is 3.92. The number of nitrogens with one attached hydrogen (secondary N) is 2.